The lowest BCUT2D eigenvalue weighted by molar-refractivity contribution is -0.145. The number of methoxy groups -OCH3 is 1. The van der Waals surface area contributed by atoms with Crippen molar-refractivity contribution in [2.75, 3.05) is 20.7 Å². The van der Waals surface area contributed by atoms with Gasteiger partial charge in [0.2, 0.25) is 23.6 Å². The fourth-order valence-electron chi connectivity index (χ4n) is 5.79. The number of nitrogens with zero attached hydrogens (tertiary/aromatic N) is 1. The summed E-state index contributed by atoms with van der Waals surface area (Å²) in [5.74, 6) is -0.636. The molecule has 1 fully saturated rings. The minimum atomic E-state index is -1.01. The van der Waals surface area contributed by atoms with Crippen LogP contribution in [0.25, 0.3) is 6.08 Å². The van der Waals surface area contributed by atoms with Gasteiger partial charge in [-0.25, -0.2) is 0 Å². The van der Waals surface area contributed by atoms with Crippen LogP contribution in [-0.4, -0.2) is 79.5 Å². The third-order valence-electron chi connectivity index (χ3n) is 9.25. The summed E-state index contributed by atoms with van der Waals surface area (Å²) < 4.78 is 11.9. The summed E-state index contributed by atoms with van der Waals surface area (Å²) >= 11 is 0. The lowest BCUT2D eigenvalue weighted by Crippen LogP contribution is -2.61. The van der Waals surface area contributed by atoms with Gasteiger partial charge in [-0.15, -0.1) is 0 Å². The maximum atomic E-state index is 14.3. The van der Waals surface area contributed by atoms with Crippen LogP contribution in [0.3, 0.4) is 0 Å². The molecule has 2 aliphatic heterocycles. The number of benzene rings is 1. The summed E-state index contributed by atoms with van der Waals surface area (Å²) in [4.78, 5) is 56.6. The number of carbonyl (C=O) groups is 4. The topological polar surface area (TPSA) is 138 Å². The van der Waals surface area contributed by atoms with E-state index in [4.69, 9.17) is 9.47 Å². The molecule has 0 spiro atoms. The van der Waals surface area contributed by atoms with Crippen LogP contribution in [0.4, 0.5) is 0 Å². The molecule has 4 N–H and O–H groups in total. The predicted octanol–water partition coefficient (Wildman–Crippen LogP) is 2.84. The zero-order chi connectivity index (χ0) is 32.6. The minimum Gasteiger partial charge on any atom is -0.496 e. The second-order valence-electron chi connectivity index (χ2n) is 12.1. The van der Waals surface area contributed by atoms with E-state index in [1.165, 1.54) is 11.1 Å². The Balaban J connectivity index is 2.03. The first kappa shape index (κ1) is 34.9. The molecule has 2 bridgehead atoms. The number of hydrogen-bond acceptors (Lipinski definition) is 7. The van der Waals surface area contributed by atoms with Crippen molar-refractivity contribution in [3.63, 3.8) is 0 Å². The third kappa shape index (κ3) is 7.91. The molecule has 11 heteroatoms. The molecule has 0 saturated carbocycles. The van der Waals surface area contributed by atoms with Crippen molar-refractivity contribution in [3.05, 3.63) is 30.0 Å². The summed E-state index contributed by atoms with van der Waals surface area (Å²) in [5, 5.41) is 11.8. The number of rotatable bonds is 11. The van der Waals surface area contributed by atoms with E-state index in [1.54, 1.807) is 38.4 Å². The SMILES string of the molecule is CC[C@@H](C)[C@H](NC)C(=O)N[C@H](C(=O)N1CC[C@@H]2Oc3ccc(OC)c(c3)/C=C/NC(=O)[C@H]([C@H](C)CC)NC(=O)[C@H]21)[C@H](C)CC. The minimum absolute atomic E-state index is 0.0610. The highest BCUT2D eigenvalue weighted by molar-refractivity contribution is 5.96. The molecule has 44 heavy (non-hydrogen) atoms. The van der Waals surface area contributed by atoms with Crippen molar-refractivity contribution in [3.8, 4) is 11.5 Å². The van der Waals surface area contributed by atoms with Crippen LogP contribution in [0.5, 0.6) is 11.5 Å². The van der Waals surface area contributed by atoms with Crippen molar-refractivity contribution in [1.82, 2.24) is 26.2 Å². The average Bonchev–Trinajstić information content (AvgIpc) is 3.44. The Bertz CT molecular complexity index is 1210. The molecule has 8 atom stereocenters. The van der Waals surface area contributed by atoms with Crippen LogP contribution >= 0.6 is 0 Å². The Morgan fingerprint density at radius 3 is 2.34 bits per heavy atom. The van der Waals surface area contributed by atoms with Crippen molar-refractivity contribution < 1.29 is 28.7 Å². The number of fused-ring (bicyclic) bond motifs is 3. The highest BCUT2D eigenvalue weighted by atomic mass is 16.5. The van der Waals surface area contributed by atoms with Gasteiger partial charge in [-0.05, 0) is 49.1 Å². The lowest BCUT2D eigenvalue weighted by Gasteiger charge is -2.34. The van der Waals surface area contributed by atoms with Gasteiger partial charge in [0.1, 0.15) is 35.7 Å². The van der Waals surface area contributed by atoms with Gasteiger partial charge in [0.15, 0.2) is 0 Å². The van der Waals surface area contributed by atoms with E-state index in [1.807, 2.05) is 41.5 Å². The number of carbonyl (C=O) groups excluding carboxylic acids is 4. The Labute approximate surface area is 261 Å². The average molecular weight is 614 g/mol. The van der Waals surface area contributed by atoms with Gasteiger partial charge < -0.3 is 35.6 Å². The molecule has 0 unspecified atom stereocenters. The van der Waals surface area contributed by atoms with Crippen molar-refractivity contribution in [1.29, 1.82) is 0 Å². The fraction of sp³-hybridized carbons (Fsp3) is 0.636. The zero-order valence-electron chi connectivity index (χ0n) is 27.4. The quantitative estimate of drug-likeness (QED) is 0.301. The maximum absolute atomic E-state index is 14.3. The van der Waals surface area contributed by atoms with Gasteiger partial charge in [-0.2, -0.15) is 0 Å². The molecule has 1 aromatic carbocycles. The number of likely N-dealkylation sites (tertiary alicyclic amines) is 1. The third-order valence-corrected chi connectivity index (χ3v) is 9.25. The van der Waals surface area contributed by atoms with Gasteiger partial charge in [-0.1, -0.05) is 60.8 Å². The van der Waals surface area contributed by atoms with Gasteiger partial charge in [-0.3, -0.25) is 19.2 Å². The van der Waals surface area contributed by atoms with E-state index in [0.717, 1.165) is 6.42 Å². The Morgan fingerprint density at radius 1 is 1.05 bits per heavy atom. The molecule has 2 aliphatic rings. The smallest absolute Gasteiger partial charge is 0.247 e. The monoisotopic (exact) mass is 613 g/mol. The summed E-state index contributed by atoms with van der Waals surface area (Å²) in [5.41, 5.74) is 0.686. The van der Waals surface area contributed by atoms with Crippen LogP contribution < -0.4 is 30.7 Å². The first-order chi connectivity index (χ1) is 21.0. The molecule has 11 nitrogen and oxygen atoms in total. The summed E-state index contributed by atoms with van der Waals surface area (Å²) in [6.07, 6.45) is 5.05. The molecule has 0 aliphatic carbocycles. The van der Waals surface area contributed by atoms with Gasteiger partial charge >= 0.3 is 0 Å². The Kier molecular flexibility index (Phi) is 12.6. The molecular weight excluding hydrogens is 562 g/mol. The molecule has 1 saturated heterocycles. The van der Waals surface area contributed by atoms with E-state index in [0.29, 0.717) is 36.3 Å². The first-order valence-electron chi connectivity index (χ1n) is 15.9. The second kappa shape index (κ2) is 15.9. The Hall–Kier alpha value is -3.60. The van der Waals surface area contributed by atoms with Crippen LogP contribution in [0, 0.1) is 17.8 Å². The summed E-state index contributed by atoms with van der Waals surface area (Å²) in [7, 11) is 3.30. The molecule has 4 amide bonds. The molecule has 1 aromatic rings. The first-order valence-corrected chi connectivity index (χ1v) is 15.9. The highest BCUT2D eigenvalue weighted by Crippen LogP contribution is 2.31. The standard InChI is InChI=1S/C33H51N5O6/c1-9-19(4)26(34-7)31(40)37-28(21(6)11-3)33(42)38-17-15-25-29(38)32(41)36-27(20(5)10-2)30(39)35-16-14-22-18-23(44-25)12-13-24(22)43-8/h12-14,16,18-21,25-29,34H,9-11,15,17H2,1-8H3,(H,35,39)(H,36,41)(H,37,40)/b16-14+/t19-,20-,21-,25+,26+,27+,28+,29+/m1/s1. The molecule has 3 rings (SSSR count). The van der Waals surface area contributed by atoms with E-state index in [9.17, 15) is 19.2 Å². The van der Waals surface area contributed by atoms with E-state index < -0.39 is 36.2 Å². The molecule has 0 aromatic heterocycles. The maximum Gasteiger partial charge on any atom is 0.247 e. The van der Waals surface area contributed by atoms with Gasteiger partial charge in [0.05, 0.1) is 13.2 Å². The number of hydrogen-bond donors (Lipinski definition) is 4. The van der Waals surface area contributed by atoms with E-state index >= 15 is 0 Å². The van der Waals surface area contributed by atoms with Crippen molar-refractivity contribution in [2.24, 2.45) is 17.8 Å². The number of amides is 4. The van der Waals surface area contributed by atoms with Crippen LogP contribution in [-0.2, 0) is 19.2 Å². The number of likely N-dealkylation sites (N-methyl/N-ethyl adjacent to an activating group) is 1. The van der Waals surface area contributed by atoms with E-state index in [-0.39, 0.29) is 42.0 Å². The largest absolute Gasteiger partial charge is 0.496 e. The predicted molar refractivity (Wildman–Crippen MR) is 170 cm³/mol. The van der Waals surface area contributed by atoms with Gasteiger partial charge in [0, 0.05) is 24.7 Å². The van der Waals surface area contributed by atoms with Crippen molar-refractivity contribution in [2.45, 2.75) is 97.5 Å². The fourth-order valence-corrected chi connectivity index (χ4v) is 5.79. The summed E-state index contributed by atoms with van der Waals surface area (Å²) in [6, 6.07) is 2.14. The molecule has 0 radical (unpaired) electrons. The van der Waals surface area contributed by atoms with Crippen LogP contribution in [0.1, 0.15) is 72.8 Å². The van der Waals surface area contributed by atoms with Crippen LogP contribution in [0.2, 0.25) is 0 Å². The van der Waals surface area contributed by atoms with Crippen molar-refractivity contribution >= 4 is 29.7 Å². The number of ether oxygens (including phenoxy) is 2. The van der Waals surface area contributed by atoms with Gasteiger partial charge in [0.25, 0.3) is 0 Å². The second-order valence-corrected chi connectivity index (χ2v) is 12.1. The molecule has 244 valence electrons. The molecular formula is C33H51N5O6. The highest BCUT2D eigenvalue weighted by Gasteiger charge is 2.47. The Morgan fingerprint density at radius 2 is 1.73 bits per heavy atom. The summed E-state index contributed by atoms with van der Waals surface area (Å²) in [6.45, 7) is 12.0. The zero-order valence-corrected chi connectivity index (χ0v) is 27.4. The number of nitrogens with one attached hydrogen (secondary N) is 4. The normalized spacial score (nSPS) is 24.4. The molecule has 2 heterocycles. The lowest BCUT2D eigenvalue weighted by atomic mass is 9.94. The van der Waals surface area contributed by atoms with Crippen LogP contribution in [0.15, 0.2) is 24.4 Å². The van der Waals surface area contributed by atoms with E-state index in [2.05, 4.69) is 21.3 Å².